The van der Waals surface area contributed by atoms with E-state index in [-0.39, 0.29) is 0 Å². The second kappa shape index (κ2) is 14.4. The number of hydrogen-bond donors (Lipinski definition) is 0. The van der Waals surface area contributed by atoms with E-state index in [1.54, 1.807) is 4.68 Å². The fourth-order valence-corrected chi connectivity index (χ4v) is 3.72. The fraction of sp³-hybridized carbons (Fsp3) is 0.517. The van der Waals surface area contributed by atoms with Crippen LogP contribution in [0.2, 0.25) is 0 Å². The van der Waals surface area contributed by atoms with Crippen LogP contribution in [-0.4, -0.2) is 28.2 Å². The third kappa shape index (κ3) is 8.51. The summed E-state index contributed by atoms with van der Waals surface area (Å²) in [5, 5.41) is 8.65. The van der Waals surface area contributed by atoms with E-state index >= 15 is 0 Å². The summed E-state index contributed by atoms with van der Waals surface area (Å²) in [6.07, 6.45) is 13.5. The van der Waals surface area contributed by atoms with Crippen LogP contribution >= 0.6 is 0 Å². The molecule has 0 amide bonds. The molecule has 0 spiro atoms. The van der Waals surface area contributed by atoms with Gasteiger partial charge in [-0.3, -0.25) is 0 Å². The average molecular weight is 464 g/mol. The molecule has 1 heterocycles. The molecule has 0 bridgehead atoms. The second-order valence-corrected chi connectivity index (χ2v) is 9.21. The number of ether oxygens (including phenoxy) is 2. The number of benzene rings is 2. The minimum Gasteiger partial charge on any atom is -0.494 e. The molecule has 0 N–H and O–H groups in total. The van der Waals surface area contributed by atoms with E-state index in [1.165, 1.54) is 44.9 Å². The van der Waals surface area contributed by atoms with Crippen LogP contribution in [0.15, 0.2) is 54.7 Å². The van der Waals surface area contributed by atoms with Crippen LogP contribution in [0.5, 0.6) is 11.5 Å². The van der Waals surface area contributed by atoms with Gasteiger partial charge in [0, 0.05) is 5.56 Å². The van der Waals surface area contributed by atoms with E-state index in [1.807, 2.05) is 54.7 Å². The molecule has 0 saturated carbocycles. The highest BCUT2D eigenvalue weighted by molar-refractivity contribution is 5.59. The number of rotatable bonds is 16. The average Bonchev–Trinajstić information content (AvgIpc) is 3.37. The normalized spacial score (nSPS) is 12.0. The molecule has 0 aliphatic rings. The monoisotopic (exact) mass is 463 g/mol. The Morgan fingerprint density at radius 3 is 2.06 bits per heavy atom. The first-order valence-corrected chi connectivity index (χ1v) is 13.1. The van der Waals surface area contributed by atoms with Crippen molar-refractivity contribution < 1.29 is 9.47 Å². The maximum Gasteiger partial charge on any atom is 0.119 e. The lowest BCUT2D eigenvalue weighted by atomic mass is 10.1. The Morgan fingerprint density at radius 1 is 0.765 bits per heavy atom. The van der Waals surface area contributed by atoms with Gasteiger partial charge in [-0.15, -0.1) is 5.10 Å². The SMILES string of the molecule is CCCCCCCCCCOc1ccc(-n2cc(-c3ccc(OC[C@@H](C)CC)cc3)nn2)cc1. The predicted octanol–water partition coefficient (Wildman–Crippen LogP) is 7.88. The standard InChI is InChI=1S/C29H41N3O2/c1-4-6-7-8-9-10-11-12-21-33-27-19-15-26(16-20-27)32-22-29(30-31-32)25-13-17-28(18-14-25)34-23-24(3)5-2/h13-20,22,24H,4-12,21,23H2,1-3H3/t24-/m0/s1. The highest BCUT2D eigenvalue weighted by atomic mass is 16.5. The minimum atomic E-state index is 0.557. The van der Waals surface area contributed by atoms with Crippen molar-refractivity contribution in [3.05, 3.63) is 54.7 Å². The predicted molar refractivity (Wildman–Crippen MR) is 140 cm³/mol. The Kier molecular flexibility index (Phi) is 11.0. The lowest BCUT2D eigenvalue weighted by Gasteiger charge is -2.10. The van der Waals surface area contributed by atoms with Crippen molar-refractivity contribution in [3.63, 3.8) is 0 Å². The van der Waals surface area contributed by atoms with Gasteiger partial charge in [0.25, 0.3) is 0 Å². The van der Waals surface area contributed by atoms with Crippen molar-refractivity contribution in [3.8, 4) is 28.4 Å². The maximum absolute atomic E-state index is 5.91. The van der Waals surface area contributed by atoms with E-state index < -0.39 is 0 Å². The van der Waals surface area contributed by atoms with Gasteiger partial charge in [-0.25, -0.2) is 4.68 Å². The molecule has 0 aliphatic carbocycles. The molecule has 1 aromatic heterocycles. The van der Waals surface area contributed by atoms with Crippen LogP contribution < -0.4 is 9.47 Å². The molecule has 184 valence electrons. The molecule has 0 unspecified atom stereocenters. The number of hydrogen-bond acceptors (Lipinski definition) is 4. The second-order valence-electron chi connectivity index (χ2n) is 9.21. The van der Waals surface area contributed by atoms with Crippen LogP contribution in [0, 0.1) is 5.92 Å². The van der Waals surface area contributed by atoms with Crippen molar-refractivity contribution in [1.82, 2.24) is 15.0 Å². The van der Waals surface area contributed by atoms with Gasteiger partial charge in [0.15, 0.2) is 0 Å². The third-order valence-electron chi connectivity index (χ3n) is 6.24. The molecule has 3 rings (SSSR count). The Morgan fingerprint density at radius 2 is 1.38 bits per heavy atom. The van der Waals surface area contributed by atoms with Gasteiger partial charge in [0.2, 0.25) is 0 Å². The minimum absolute atomic E-state index is 0.557. The topological polar surface area (TPSA) is 49.2 Å². The van der Waals surface area contributed by atoms with Crippen LogP contribution in [0.4, 0.5) is 0 Å². The van der Waals surface area contributed by atoms with Gasteiger partial charge in [0.1, 0.15) is 17.2 Å². The molecular formula is C29H41N3O2. The van der Waals surface area contributed by atoms with Gasteiger partial charge in [-0.1, -0.05) is 77.4 Å². The largest absolute Gasteiger partial charge is 0.494 e. The highest BCUT2D eigenvalue weighted by Gasteiger charge is 2.07. The molecule has 5 heteroatoms. The Hall–Kier alpha value is -2.82. The molecule has 34 heavy (non-hydrogen) atoms. The summed E-state index contributed by atoms with van der Waals surface area (Å²) in [5.41, 5.74) is 2.82. The zero-order valence-corrected chi connectivity index (χ0v) is 21.2. The molecule has 0 aliphatic heterocycles. The lowest BCUT2D eigenvalue weighted by molar-refractivity contribution is 0.256. The van der Waals surface area contributed by atoms with E-state index in [4.69, 9.17) is 9.47 Å². The molecule has 3 aromatic rings. The zero-order chi connectivity index (χ0) is 24.0. The van der Waals surface area contributed by atoms with Crippen LogP contribution in [0.3, 0.4) is 0 Å². The maximum atomic E-state index is 5.91. The van der Waals surface area contributed by atoms with Gasteiger partial charge < -0.3 is 9.47 Å². The lowest BCUT2D eigenvalue weighted by Crippen LogP contribution is -2.06. The van der Waals surface area contributed by atoms with E-state index in [9.17, 15) is 0 Å². The summed E-state index contributed by atoms with van der Waals surface area (Å²) >= 11 is 0. The Labute approximate surface area is 205 Å². The van der Waals surface area contributed by atoms with Crippen LogP contribution in [0.25, 0.3) is 16.9 Å². The molecule has 1 atom stereocenters. The summed E-state index contributed by atoms with van der Waals surface area (Å²) in [6.45, 7) is 8.16. The summed E-state index contributed by atoms with van der Waals surface area (Å²) in [4.78, 5) is 0. The molecule has 0 fully saturated rings. The summed E-state index contributed by atoms with van der Waals surface area (Å²) in [6, 6.07) is 16.1. The first-order valence-electron chi connectivity index (χ1n) is 13.1. The van der Waals surface area contributed by atoms with Crippen molar-refractivity contribution in [2.24, 2.45) is 5.92 Å². The Bertz CT molecular complexity index is 935. The molecule has 2 aromatic carbocycles. The van der Waals surface area contributed by atoms with Gasteiger partial charge in [-0.05, 0) is 60.9 Å². The summed E-state index contributed by atoms with van der Waals surface area (Å²) in [5.74, 6) is 2.35. The molecule has 5 nitrogen and oxygen atoms in total. The number of unbranched alkanes of at least 4 members (excludes halogenated alkanes) is 7. The van der Waals surface area contributed by atoms with Crippen molar-refractivity contribution in [2.45, 2.75) is 78.6 Å². The van der Waals surface area contributed by atoms with E-state index in [2.05, 4.69) is 31.1 Å². The van der Waals surface area contributed by atoms with Crippen LogP contribution in [-0.2, 0) is 0 Å². The highest BCUT2D eigenvalue weighted by Crippen LogP contribution is 2.22. The zero-order valence-electron chi connectivity index (χ0n) is 21.2. The molecule has 0 saturated heterocycles. The number of nitrogens with zero attached hydrogens (tertiary/aromatic N) is 3. The van der Waals surface area contributed by atoms with Crippen LogP contribution in [0.1, 0.15) is 78.6 Å². The first kappa shape index (κ1) is 25.8. The van der Waals surface area contributed by atoms with E-state index in [0.717, 1.165) is 54.5 Å². The first-order chi connectivity index (χ1) is 16.7. The van der Waals surface area contributed by atoms with E-state index in [0.29, 0.717) is 5.92 Å². The van der Waals surface area contributed by atoms with Gasteiger partial charge in [0.05, 0.1) is 25.1 Å². The number of aromatic nitrogens is 3. The van der Waals surface area contributed by atoms with Crippen molar-refractivity contribution in [1.29, 1.82) is 0 Å². The Balaban J connectivity index is 1.43. The quantitative estimate of drug-likeness (QED) is 0.203. The van der Waals surface area contributed by atoms with Crippen molar-refractivity contribution in [2.75, 3.05) is 13.2 Å². The van der Waals surface area contributed by atoms with Gasteiger partial charge >= 0.3 is 0 Å². The van der Waals surface area contributed by atoms with Gasteiger partial charge in [-0.2, -0.15) is 0 Å². The molecule has 0 radical (unpaired) electrons. The fourth-order valence-electron chi connectivity index (χ4n) is 3.72. The van der Waals surface area contributed by atoms with Crippen molar-refractivity contribution >= 4 is 0 Å². The summed E-state index contributed by atoms with van der Waals surface area (Å²) < 4.78 is 13.6. The smallest absolute Gasteiger partial charge is 0.119 e. The summed E-state index contributed by atoms with van der Waals surface area (Å²) in [7, 11) is 0. The molecular weight excluding hydrogens is 422 g/mol. The third-order valence-corrected chi connectivity index (χ3v) is 6.24.